The molecule has 1 aliphatic rings. The van der Waals surface area contributed by atoms with E-state index in [0.717, 1.165) is 0 Å². The lowest BCUT2D eigenvalue weighted by Crippen LogP contribution is -2.34. The topological polar surface area (TPSA) is 85.9 Å². The van der Waals surface area contributed by atoms with Crippen molar-refractivity contribution in [2.75, 3.05) is 25.1 Å². The third-order valence-electron chi connectivity index (χ3n) is 3.02. The van der Waals surface area contributed by atoms with Crippen molar-refractivity contribution in [2.45, 2.75) is 26.4 Å². The lowest BCUT2D eigenvalue weighted by Gasteiger charge is -2.20. The minimum absolute atomic E-state index is 0.0388. The van der Waals surface area contributed by atoms with Gasteiger partial charge in [0, 0.05) is 18.2 Å². The molecule has 1 aromatic carbocycles. The second-order valence-electron chi connectivity index (χ2n) is 6.41. The Morgan fingerprint density at radius 1 is 1.44 bits per heavy atom. The average molecular weight is 352 g/mol. The number of halogens is 1. The predicted molar refractivity (Wildman–Crippen MR) is 89.5 cm³/mol. The molecule has 2 amide bonds. The smallest absolute Gasteiger partial charge is 0.407 e. The van der Waals surface area contributed by atoms with Gasteiger partial charge in [-0.3, -0.25) is 4.79 Å². The predicted octanol–water partition coefficient (Wildman–Crippen LogP) is 2.77. The number of nitrogens with one attached hydrogen (secondary N) is 2. The van der Waals surface area contributed by atoms with Gasteiger partial charge in [-0.2, -0.15) is 0 Å². The van der Waals surface area contributed by atoms with Crippen LogP contribution in [0.4, 0.5) is 14.9 Å². The maximum absolute atomic E-state index is 13.0. The van der Waals surface area contributed by atoms with Crippen LogP contribution in [0.25, 0.3) is 0 Å². The lowest BCUT2D eigenvalue weighted by atomic mass is 10.2. The Labute approximate surface area is 145 Å². The second-order valence-corrected chi connectivity index (χ2v) is 6.41. The summed E-state index contributed by atoms with van der Waals surface area (Å²) in [5, 5.41) is 5.12. The molecule has 0 unspecified atom stereocenters. The standard InChI is InChI=1S/C17H21FN2O5/c1-17(2,3)25-16(22)19-8-11(7-18)9-23-12-4-5-13-14(6-12)24-10-15(21)20-13/h4-7H,8-10H2,1-3H3,(H,19,22)(H,20,21)/b11-7+. The number of anilines is 1. The minimum Gasteiger partial charge on any atom is -0.489 e. The van der Waals surface area contributed by atoms with Crippen LogP contribution >= 0.6 is 0 Å². The molecule has 25 heavy (non-hydrogen) atoms. The van der Waals surface area contributed by atoms with Crippen LogP contribution < -0.4 is 20.1 Å². The van der Waals surface area contributed by atoms with Crippen molar-refractivity contribution in [3.05, 3.63) is 30.1 Å². The summed E-state index contributed by atoms with van der Waals surface area (Å²) in [5.41, 5.74) is 0.160. The molecule has 0 spiro atoms. The number of hydrogen-bond donors (Lipinski definition) is 2. The van der Waals surface area contributed by atoms with E-state index in [1.54, 1.807) is 39.0 Å². The summed E-state index contributed by atoms with van der Waals surface area (Å²) in [6.07, 6.45) is -0.253. The zero-order valence-corrected chi connectivity index (χ0v) is 14.3. The normalized spacial score (nSPS) is 14.1. The lowest BCUT2D eigenvalue weighted by molar-refractivity contribution is -0.118. The van der Waals surface area contributed by atoms with Crippen LogP contribution in [0.3, 0.4) is 0 Å². The van der Waals surface area contributed by atoms with Gasteiger partial charge >= 0.3 is 6.09 Å². The Morgan fingerprint density at radius 3 is 2.88 bits per heavy atom. The van der Waals surface area contributed by atoms with Crippen LogP contribution in [0.5, 0.6) is 11.5 Å². The molecule has 0 radical (unpaired) electrons. The molecule has 8 heteroatoms. The van der Waals surface area contributed by atoms with E-state index in [1.165, 1.54) is 0 Å². The quantitative estimate of drug-likeness (QED) is 0.851. The molecule has 0 atom stereocenters. The van der Waals surface area contributed by atoms with Crippen LogP contribution in [0.1, 0.15) is 20.8 Å². The van der Waals surface area contributed by atoms with Crippen molar-refractivity contribution in [3.63, 3.8) is 0 Å². The SMILES string of the molecule is CC(C)(C)OC(=O)NC/C(=C\F)COc1ccc2c(c1)OCC(=O)N2. The number of rotatable bonds is 5. The zero-order chi connectivity index (χ0) is 18.4. The number of fused-ring (bicyclic) bond motifs is 1. The van der Waals surface area contributed by atoms with Gasteiger partial charge in [0.2, 0.25) is 0 Å². The number of hydrogen-bond acceptors (Lipinski definition) is 5. The van der Waals surface area contributed by atoms with Crippen LogP contribution in [0.2, 0.25) is 0 Å². The Morgan fingerprint density at radius 2 is 2.20 bits per heavy atom. The number of carbonyl (C=O) groups is 2. The van der Waals surface area contributed by atoms with Gasteiger partial charge in [0.15, 0.2) is 6.61 Å². The summed E-state index contributed by atoms with van der Waals surface area (Å²) in [6.45, 7) is 5.05. The summed E-state index contributed by atoms with van der Waals surface area (Å²) < 4.78 is 28.8. The molecule has 7 nitrogen and oxygen atoms in total. The average Bonchev–Trinajstić information content (AvgIpc) is 2.53. The fourth-order valence-electron chi connectivity index (χ4n) is 1.94. The fourth-order valence-corrected chi connectivity index (χ4v) is 1.94. The molecule has 0 saturated heterocycles. The summed E-state index contributed by atoms with van der Waals surface area (Å²) in [7, 11) is 0. The van der Waals surface area contributed by atoms with Gasteiger partial charge in [0.25, 0.3) is 5.91 Å². The van der Waals surface area contributed by atoms with E-state index in [4.69, 9.17) is 14.2 Å². The van der Waals surface area contributed by atoms with Crippen LogP contribution in [-0.4, -0.2) is 37.4 Å². The highest BCUT2D eigenvalue weighted by atomic mass is 19.1. The zero-order valence-electron chi connectivity index (χ0n) is 14.3. The first-order valence-electron chi connectivity index (χ1n) is 7.71. The molecule has 0 aliphatic carbocycles. The number of ether oxygens (including phenoxy) is 3. The maximum Gasteiger partial charge on any atom is 0.407 e. The maximum atomic E-state index is 13.0. The molecule has 0 fully saturated rings. The van der Waals surface area contributed by atoms with Gasteiger partial charge in [-0.1, -0.05) is 0 Å². The Kier molecular flexibility index (Phi) is 5.84. The van der Waals surface area contributed by atoms with E-state index in [0.29, 0.717) is 23.5 Å². The molecule has 2 rings (SSSR count). The van der Waals surface area contributed by atoms with Gasteiger partial charge in [-0.25, -0.2) is 9.18 Å². The first-order chi connectivity index (χ1) is 11.8. The van der Waals surface area contributed by atoms with E-state index in [9.17, 15) is 14.0 Å². The molecule has 0 saturated carbocycles. The van der Waals surface area contributed by atoms with Gasteiger partial charge < -0.3 is 24.8 Å². The molecule has 1 aliphatic heterocycles. The van der Waals surface area contributed by atoms with Crippen molar-refractivity contribution in [3.8, 4) is 11.5 Å². The van der Waals surface area contributed by atoms with Crippen LogP contribution in [0.15, 0.2) is 30.1 Å². The van der Waals surface area contributed by atoms with Gasteiger partial charge in [-0.15, -0.1) is 0 Å². The highest BCUT2D eigenvalue weighted by Gasteiger charge is 2.17. The number of carbonyl (C=O) groups excluding carboxylic acids is 2. The molecule has 1 heterocycles. The highest BCUT2D eigenvalue weighted by molar-refractivity contribution is 5.95. The Hall–Kier alpha value is -2.77. The first kappa shape index (κ1) is 18.6. The van der Waals surface area contributed by atoms with Crippen molar-refractivity contribution < 1.29 is 28.2 Å². The minimum atomic E-state index is -0.634. The van der Waals surface area contributed by atoms with Gasteiger partial charge in [0.1, 0.15) is 23.7 Å². The Balaban J connectivity index is 1.85. The van der Waals surface area contributed by atoms with Crippen molar-refractivity contribution in [1.82, 2.24) is 5.32 Å². The molecule has 2 N–H and O–H groups in total. The summed E-state index contributed by atoms with van der Waals surface area (Å²) in [6, 6.07) is 4.87. The van der Waals surface area contributed by atoms with Crippen LogP contribution in [-0.2, 0) is 9.53 Å². The third kappa shape index (κ3) is 5.98. The fraction of sp³-hybridized carbons (Fsp3) is 0.412. The first-order valence-corrected chi connectivity index (χ1v) is 7.71. The number of benzene rings is 1. The third-order valence-corrected chi connectivity index (χ3v) is 3.02. The monoisotopic (exact) mass is 352 g/mol. The molecule has 1 aromatic rings. The van der Waals surface area contributed by atoms with E-state index < -0.39 is 11.7 Å². The van der Waals surface area contributed by atoms with E-state index in [-0.39, 0.29) is 31.2 Å². The van der Waals surface area contributed by atoms with Crippen molar-refractivity contribution >= 4 is 17.7 Å². The Bertz CT molecular complexity index is 682. The molecular formula is C17H21FN2O5. The van der Waals surface area contributed by atoms with Crippen molar-refractivity contribution in [1.29, 1.82) is 0 Å². The van der Waals surface area contributed by atoms with E-state index in [2.05, 4.69) is 10.6 Å². The number of alkyl carbamates (subject to hydrolysis) is 1. The van der Waals surface area contributed by atoms with Crippen LogP contribution in [0, 0.1) is 0 Å². The number of amides is 2. The summed E-state index contributed by atoms with van der Waals surface area (Å²) in [4.78, 5) is 22.8. The van der Waals surface area contributed by atoms with E-state index >= 15 is 0 Å². The summed E-state index contributed by atoms with van der Waals surface area (Å²) >= 11 is 0. The van der Waals surface area contributed by atoms with Gasteiger partial charge in [0.05, 0.1) is 12.0 Å². The van der Waals surface area contributed by atoms with Crippen molar-refractivity contribution in [2.24, 2.45) is 0 Å². The molecule has 0 aromatic heterocycles. The van der Waals surface area contributed by atoms with E-state index in [1.807, 2.05) is 0 Å². The van der Waals surface area contributed by atoms with Gasteiger partial charge in [-0.05, 0) is 32.9 Å². The second kappa shape index (κ2) is 7.87. The molecule has 0 bridgehead atoms. The largest absolute Gasteiger partial charge is 0.489 e. The molecule has 136 valence electrons. The summed E-state index contributed by atoms with van der Waals surface area (Å²) in [5.74, 6) is 0.707. The molecular weight excluding hydrogens is 331 g/mol. The highest BCUT2D eigenvalue weighted by Crippen LogP contribution is 2.31.